The highest BCUT2D eigenvalue weighted by Gasteiger charge is 2.29. The Morgan fingerprint density at radius 2 is 1.83 bits per heavy atom. The molecular formula is C24H24N2O3S. The van der Waals surface area contributed by atoms with Crippen LogP contribution in [-0.2, 0) is 16.0 Å². The lowest BCUT2D eigenvalue weighted by Crippen LogP contribution is -2.35. The zero-order chi connectivity index (χ0) is 21.1. The van der Waals surface area contributed by atoms with E-state index in [0.717, 1.165) is 16.8 Å². The molecule has 1 saturated carbocycles. The highest BCUT2D eigenvalue weighted by atomic mass is 32.1. The third kappa shape index (κ3) is 4.60. The van der Waals surface area contributed by atoms with Gasteiger partial charge in [-0.1, -0.05) is 54.6 Å². The normalized spacial score (nSPS) is 14.3. The van der Waals surface area contributed by atoms with Gasteiger partial charge in [-0.3, -0.25) is 14.5 Å². The minimum absolute atomic E-state index is 0.208. The van der Waals surface area contributed by atoms with Crippen LogP contribution >= 0.6 is 11.3 Å². The maximum atomic E-state index is 13.1. The maximum Gasteiger partial charge on any atom is 0.304 e. The smallest absolute Gasteiger partial charge is 0.304 e. The van der Waals surface area contributed by atoms with Crippen LogP contribution in [0.15, 0.2) is 60.0 Å². The Morgan fingerprint density at radius 3 is 2.53 bits per heavy atom. The number of carboxylic acids is 1. The standard InChI is InChI=1S/C24H24N2O3S/c1-26(23(29)18(14-22(27)28)13-16-7-3-2-4-8-16)24-25-21(15-30-24)20-10-6-5-9-19(20)17-11-12-17/h2-10,15,17-18H,11-14H2,1H3,(H,27,28). The number of rotatable bonds is 8. The Morgan fingerprint density at radius 1 is 1.13 bits per heavy atom. The van der Waals surface area contributed by atoms with Gasteiger partial charge in [-0.15, -0.1) is 11.3 Å². The highest BCUT2D eigenvalue weighted by molar-refractivity contribution is 7.14. The first-order chi connectivity index (χ1) is 14.5. The molecule has 0 spiro atoms. The summed E-state index contributed by atoms with van der Waals surface area (Å²) in [5.74, 6) is -1.23. The molecule has 0 aliphatic heterocycles. The van der Waals surface area contributed by atoms with Crippen molar-refractivity contribution >= 4 is 28.3 Å². The Balaban J connectivity index is 1.55. The predicted molar refractivity (Wildman–Crippen MR) is 119 cm³/mol. The largest absolute Gasteiger partial charge is 0.481 e. The molecule has 1 atom stereocenters. The van der Waals surface area contributed by atoms with Gasteiger partial charge in [0.25, 0.3) is 0 Å². The number of amides is 1. The summed E-state index contributed by atoms with van der Waals surface area (Å²) < 4.78 is 0. The molecule has 1 amide bonds. The van der Waals surface area contributed by atoms with Gasteiger partial charge in [0.05, 0.1) is 18.0 Å². The summed E-state index contributed by atoms with van der Waals surface area (Å²) in [6.07, 6.45) is 2.60. The molecule has 1 aliphatic rings. The zero-order valence-corrected chi connectivity index (χ0v) is 17.6. The van der Waals surface area contributed by atoms with E-state index in [-0.39, 0.29) is 12.3 Å². The SMILES string of the molecule is CN(C(=O)C(CC(=O)O)Cc1ccccc1)c1nc(-c2ccccc2C2CC2)cs1. The average molecular weight is 421 g/mol. The van der Waals surface area contributed by atoms with Crippen LogP contribution in [-0.4, -0.2) is 29.0 Å². The summed E-state index contributed by atoms with van der Waals surface area (Å²) >= 11 is 1.41. The fourth-order valence-corrected chi connectivity index (χ4v) is 4.54. The van der Waals surface area contributed by atoms with Crippen molar-refractivity contribution in [2.24, 2.45) is 5.92 Å². The molecule has 1 aliphatic carbocycles. The summed E-state index contributed by atoms with van der Waals surface area (Å²) in [7, 11) is 1.68. The Hall–Kier alpha value is -2.99. The van der Waals surface area contributed by atoms with Crippen molar-refractivity contribution < 1.29 is 14.7 Å². The number of hydrogen-bond acceptors (Lipinski definition) is 4. The van der Waals surface area contributed by atoms with Crippen LogP contribution in [0.5, 0.6) is 0 Å². The summed E-state index contributed by atoms with van der Waals surface area (Å²) in [6.45, 7) is 0. The molecule has 3 aromatic rings. The number of aromatic nitrogens is 1. The van der Waals surface area contributed by atoms with E-state index in [1.54, 1.807) is 7.05 Å². The second kappa shape index (κ2) is 8.79. The van der Waals surface area contributed by atoms with E-state index in [9.17, 15) is 14.7 Å². The lowest BCUT2D eigenvalue weighted by molar-refractivity contribution is -0.140. The minimum Gasteiger partial charge on any atom is -0.481 e. The van der Waals surface area contributed by atoms with Crippen molar-refractivity contribution in [3.8, 4) is 11.3 Å². The third-order valence-electron chi connectivity index (χ3n) is 5.46. The number of carbonyl (C=O) groups excluding carboxylic acids is 1. The molecule has 2 aromatic carbocycles. The van der Waals surface area contributed by atoms with Gasteiger partial charge < -0.3 is 5.11 Å². The van der Waals surface area contributed by atoms with E-state index >= 15 is 0 Å². The first kappa shape index (κ1) is 20.3. The number of carbonyl (C=O) groups is 2. The fraction of sp³-hybridized carbons (Fsp3) is 0.292. The molecule has 0 bridgehead atoms. The van der Waals surface area contributed by atoms with Crippen molar-refractivity contribution in [1.29, 1.82) is 0 Å². The highest BCUT2D eigenvalue weighted by Crippen LogP contribution is 2.44. The fourth-order valence-electron chi connectivity index (χ4n) is 3.75. The molecule has 1 heterocycles. The zero-order valence-electron chi connectivity index (χ0n) is 16.8. The summed E-state index contributed by atoms with van der Waals surface area (Å²) in [5, 5.41) is 11.9. The first-order valence-corrected chi connectivity index (χ1v) is 11.0. The van der Waals surface area contributed by atoms with Crippen molar-refractivity contribution in [2.45, 2.75) is 31.6 Å². The van der Waals surface area contributed by atoms with E-state index in [1.807, 2.05) is 41.8 Å². The minimum atomic E-state index is -0.976. The molecule has 0 saturated heterocycles. The van der Waals surface area contributed by atoms with Crippen molar-refractivity contribution in [1.82, 2.24) is 4.98 Å². The van der Waals surface area contributed by atoms with Gasteiger partial charge >= 0.3 is 5.97 Å². The monoisotopic (exact) mass is 420 g/mol. The van der Waals surface area contributed by atoms with Gasteiger partial charge in [-0.05, 0) is 36.3 Å². The predicted octanol–water partition coefficient (Wildman–Crippen LogP) is 4.98. The number of carboxylic acid groups (broad SMARTS) is 1. The van der Waals surface area contributed by atoms with Gasteiger partial charge in [0.15, 0.2) is 5.13 Å². The number of aliphatic carboxylic acids is 1. The summed E-state index contributed by atoms with van der Waals surface area (Å²) in [5.41, 5.74) is 4.25. The molecule has 0 radical (unpaired) electrons. The van der Waals surface area contributed by atoms with Crippen LogP contribution in [0.25, 0.3) is 11.3 Å². The van der Waals surface area contributed by atoms with Gasteiger partial charge in [0.1, 0.15) is 0 Å². The molecule has 1 N–H and O–H groups in total. The molecule has 30 heavy (non-hydrogen) atoms. The van der Waals surface area contributed by atoms with Crippen LogP contribution in [0.4, 0.5) is 5.13 Å². The molecule has 5 nitrogen and oxygen atoms in total. The van der Waals surface area contributed by atoms with Crippen LogP contribution in [0, 0.1) is 5.92 Å². The van der Waals surface area contributed by atoms with Crippen molar-refractivity contribution in [3.05, 3.63) is 71.1 Å². The third-order valence-corrected chi connectivity index (χ3v) is 6.38. The second-order valence-electron chi connectivity index (χ2n) is 7.76. The molecular weight excluding hydrogens is 396 g/mol. The van der Waals surface area contributed by atoms with Crippen molar-refractivity contribution in [2.75, 3.05) is 11.9 Å². The van der Waals surface area contributed by atoms with Crippen LogP contribution in [0.2, 0.25) is 0 Å². The van der Waals surface area contributed by atoms with Crippen LogP contribution < -0.4 is 4.90 Å². The topological polar surface area (TPSA) is 70.5 Å². The lowest BCUT2D eigenvalue weighted by atomic mass is 9.95. The molecule has 1 fully saturated rings. The van der Waals surface area contributed by atoms with Gasteiger partial charge in [-0.2, -0.15) is 0 Å². The molecule has 1 aromatic heterocycles. The van der Waals surface area contributed by atoms with Gasteiger partial charge in [0.2, 0.25) is 5.91 Å². The average Bonchev–Trinajstić information content (AvgIpc) is 3.49. The molecule has 6 heteroatoms. The Labute approximate surface area is 180 Å². The molecule has 154 valence electrons. The summed E-state index contributed by atoms with van der Waals surface area (Å²) in [6, 6.07) is 17.8. The second-order valence-corrected chi connectivity index (χ2v) is 8.60. The van der Waals surface area contributed by atoms with E-state index in [4.69, 9.17) is 4.98 Å². The number of benzene rings is 2. The van der Waals surface area contributed by atoms with Crippen LogP contribution in [0.1, 0.15) is 36.3 Å². The van der Waals surface area contributed by atoms with Gasteiger partial charge in [0, 0.05) is 18.0 Å². The lowest BCUT2D eigenvalue weighted by Gasteiger charge is -2.21. The maximum absolute atomic E-state index is 13.1. The van der Waals surface area contributed by atoms with Crippen molar-refractivity contribution in [3.63, 3.8) is 0 Å². The quantitative estimate of drug-likeness (QED) is 0.558. The van der Waals surface area contributed by atoms with Gasteiger partial charge in [-0.25, -0.2) is 4.98 Å². The molecule has 4 rings (SSSR count). The first-order valence-electron chi connectivity index (χ1n) is 10.1. The Kier molecular flexibility index (Phi) is 5.95. The summed E-state index contributed by atoms with van der Waals surface area (Å²) in [4.78, 5) is 30.7. The van der Waals surface area contributed by atoms with E-state index in [0.29, 0.717) is 17.5 Å². The number of anilines is 1. The molecule has 1 unspecified atom stereocenters. The van der Waals surface area contributed by atoms with E-state index < -0.39 is 11.9 Å². The Bertz CT molecular complexity index is 1040. The number of nitrogens with zero attached hydrogens (tertiary/aromatic N) is 2. The van der Waals surface area contributed by atoms with Crippen LogP contribution in [0.3, 0.4) is 0 Å². The number of thiazole rings is 1. The van der Waals surface area contributed by atoms with E-state index in [2.05, 4.69) is 18.2 Å². The number of hydrogen-bond donors (Lipinski definition) is 1. The van der Waals surface area contributed by atoms with E-state index in [1.165, 1.54) is 34.6 Å².